The van der Waals surface area contributed by atoms with Crippen LogP contribution >= 0.6 is 0 Å². The second-order valence-electron chi connectivity index (χ2n) is 23.2. The number of carboxylic acids is 1. The van der Waals surface area contributed by atoms with E-state index in [-0.39, 0.29) is 38.8 Å². The quantitative estimate of drug-likeness (QED) is 0.0278. The number of nitrogens with one attached hydrogen (secondary N) is 11. The first-order chi connectivity index (χ1) is 41.8. The molecule has 0 aliphatic heterocycles. The Kier molecular flexibility index (Phi) is 37.4. The molecule has 89 heavy (non-hydrogen) atoms. The lowest BCUT2D eigenvalue weighted by molar-refractivity contribution is -0.143. The topological polar surface area (TPSA) is 502 Å². The molecular formula is C59H103N15O15. The van der Waals surface area contributed by atoms with Gasteiger partial charge < -0.3 is 96.7 Å². The van der Waals surface area contributed by atoms with E-state index in [0.717, 1.165) is 0 Å². The molecule has 22 N–H and O–H groups in total. The number of aliphatic hydroxyl groups excluding tert-OH is 2. The number of carbonyl (C=O) groups excluding carboxylic acids is 11. The molecule has 0 unspecified atom stereocenters. The van der Waals surface area contributed by atoms with E-state index >= 15 is 0 Å². The first-order valence-corrected chi connectivity index (χ1v) is 30.6. The molecule has 0 fully saturated rings. The SMILES string of the molecule is CC[C@H](C)[C@H](NC(=O)[C@H](CCCCN)NC(=O)[C@H](CCCCN)NC(=O)[C@@H](NC(=O)[C@@H](NC(=O)[C@@H](NC(=O)[C@H](C)NC(=O)[C@H](CCCCN)NC(=O)CNC(=O)[C@H](C)N)C(C)C)[C@@H](C)O)C(C)C)C(=O)N[C@H](C(=O)N[C@@H](Cc1ccccc1)C(=O)O)[C@@H](C)O. The van der Waals surface area contributed by atoms with E-state index in [2.05, 4.69) is 58.5 Å². The van der Waals surface area contributed by atoms with E-state index in [4.69, 9.17) is 22.9 Å². The van der Waals surface area contributed by atoms with E-state index in [1.807, 2.05) is 0 Å². The van der Waals surface area contributed by atoms with Crippen molar-refractivity contribution in [2.45, 2.75) is 219 Å². The Balaban J connectivity index is 3.39. The third-order valence-electron chi connectivity index (χ3n) is 14.7. The maximum absolute atomic E-state index is 14.4. The highest BCUT2D eigenvalue weighted by atomic mass is 16.4. The third-order valence-corrected chi connectivity index (χ3v) is 14.7. The van der Waals surface area contributed by atoms with Crippen molar-refractivity contribution in [3.05, 3.63) is 35.9 Å². The summed E-state index contributed by atoms with van der Waals surface area (Å²) < 4.78 is 0. The summed E-state index contributed by atoms with van der Waals surface area (Å²) in [5, 5.41) is 59.4. The number of nitrogens with two attached hydrogens (primary N) is 4. The predicted molar refractivity (Wildman–Crippen MR) is 331 cm³/mol. The zero-order valence-corrected chi connectivity index (χ0v) is 53.3. The largest absolute Gasteiger partial charge is 0.480 e. The zero-order valence-electron chi connectivity index (χ0n) is 53.3. The first kappa shape index (κ1) is 79.6. The molecule has 0 radical (unpaired) electrons. The summed E-state index contributed by atoms with van der Waals surface area (Å²) in [7, 11) is 0. The fourth-order valence-electron chi connectivity index (χ4n) is 8.93. The van der Waals surface area contributed by atoms with Gasteiger partial charge in [-0.2, -0.15) is 0 Å². The van der Waals surface area contributed by atoms with Gasteiger partial charge in [0.1, 0.15) is 60.4 Å². The number of aliphatic carboxylic acids is 1. The number of benzene rings is 1. The van der Waals surface area contributed by atoms with Crippen LogP contribution in [0.15, 0.2) is 30.3 Å². The van der Waals surface area contributed by atoms with Gasteiger partial charge in [0.05, 0.1) is 24.8 Å². The maximum atomic E-state index is 14.4. The van der Waals surface area contributed by atoms with Gasteiger partial charge in [0, 0.05) is 6.42 Å². The lowest BCUT2D eigenvalue weighted by Crippen LogP contribution is -2.63. The van der Waals surface area contributed by atoms with Gasteiger partial charge in [-0.25, -0.2) is 4.79 Å². The van der Waals surface area contributed by atoms with Crippen LogP contribution in [0.3, 0.4) is 0 Å². The molecule has 0 spiro atoms. The number of hydrogen-bond acceptors (Lipinski definition) is 18. The van der Waals surface area contributed by atoms with Crippen molar-refractivity contribution in [2.24, 2.45) is 40.7 Å². The van der Waals surface area contributed by atoms with Gasteiger partial charge in [0.25, 0.3) is 0 Å². The van der Waals surface area contributed by atoms with Crippen LogP contribution < -0.4 is 81.4 Å². The molecule has 0 heterocycles. The van der Waals surface area contributed by atoms with Crippen molar-refractivity contribution in [1.82, 2.24) is 58.5 Å². The lowest BCUT2D eigenvalue weighted by Gasteiger charge is -2.31. The maximum Gasteiger partial charge on any atom is 0.326 e. The van der Waals surface area contributed by atoms with Crippen molar-refractivity contribution in [1.29, 1.82) is 0 Å². The Morgan fingerprint density at radius 1 is 0.427 bits per heavy atom. The summed E-state index contributed by atoms with van der Waals surface area (Å²) in [6, 6.07) is -6.42. The summed E-state index contributed by atoms with van der Waals surface area (Å²) in [5.74, 6) is -12.5. The Morgan fingerprint density at radius 3 is 1.21 bits per heavy atom. The Bertz CT molecular complexity index is 2450. The molecule has 1 rings (SSSR count). The monoisotopic (exact) mass is 1260 g/mol. The van der Waals surface area contributed by atoms with Crippen molar-refractivity contribution >= 4 is 70.9 Å². The van der Waals surface area contributed by atoms with Gasteiger partial charge in [-0.1, -0.05) is 78.3 Å². The van der Waals surface area contributed by atoms with Gasteiger partial charge in [-0.15, -0.1) is 0 Å². The molecule has 0 aliphatic carbocycles. The van der Waals surface area contributed by atoms with Gasteiger partial charge in [0.15, 0.2) is 0 Å². The van der Waals surface area contributed by atoms with Crippen LogP contribution in [-0.4, -0.2) is 191 Å². The standard InChI is InChI=1S/C59H103N15O15/c1-11-33(6)46(56(85)74-47(36(9)75)57(86)69-42(59(88)89)29-38-21-13-12-14-22-38)72-53(82)41(25-17-20-28-62)67-52(81)40(24-16-19-27-61)68-54(83)44(31(2)3)71-58(87)48(37(10)76)73-55(84)45(32(4)5)70-50(79)35(8)65-51(80)39(23-15-18-26-60)66-43(77)30-64-49(78)34(7)63/h12-14,21-22,31-37,39-42,44-48,75-76H,11,15-20,23-30,60-63H2,1-10H3,(H,64,78)(H,65,80)(H,66,77)(H,67,81)(H,68,83)(H,69,86)(H,70,79)(H,71,87)(H,72,82)(H,73,84)(H,74,85)(H,88,89)/t33-,34-,35-,36+,37+,39-,40-,41-,42-,44-,45-,46-,47-,48-/m0/s1. The average Bonchev–Trinajstić information content (AvgIpc) is 3.64. The Hall–Kier alpha value is -7.38. The molecular weight excluding hydrogens is 1160 g/mol. The van der Waals surface area contributed by atoms with Crippen LogP contribution in [0.5, 0.6) is 0 Å². The fourth-order valence-corrected chi connectivity index (χ4v) is 8.93. The second kappa shape index (κ2) is 41.8. The van der Waals surface area contributed by atoms with Crippen molar-refractivity contribution in [2.75, 3.05) is 26.2 Å². The van der Waals surface area contributed by atoms with Crippen molar-refractivity contribution in [3.8, 4) is 0 Å². The van der Waals surface area contributed by atoms with Gasteiger partial charge >= 0.3 is 5.97 Å². The normalized spacial score (nSPS) is 16.0. The number of carbonyl (C=O) groups is 12. The Labute approximate surface area is 522 Å². The van der Waals surface area contributed by atoms with E-state index in [1.165, 1.54) is 27.7 Å². The smallest absolute Gasteiger partial charge is 0.326 e. The minimum absolute atomic E-state index is 0.00167. The summed E-state index contributed by atoms with van der Waals surface area (Å²) in [6.45, 7) is 15.2. The van der Waals surface area contributed by atoms with E-state index in [9.17, 15) is 72.9 Å². The molecule has 0 aromatic heterocycles. The van der Waals surface area contributed by atoms with Crippen LogP contribution in [0.1, 0.15) is 139 Å². The number of hydrogen-bond donors (Lipinski definition) is 18. The van der Waals surface area contributed by atoms with Crippen molar-refractivity contribution in [3.63, 3.8) is 0 Å². The van der Waals surface area contributed by atoms with Crippen LogP contribution in [0, 0.1) is 17.8 Å². The molecule has 0 saturated carbocycles. The molecule has 0 bridgehead atoms. The molecule has 30 heteroatoms. The first-order valence-electron chi connectivity index (χ1n) is 30.6. The minimum Gasteiger partial charge on any atom is -0.480 e. The summed E-state index contributed by atoms with van der Waals surface area (Å²) in [4.78, 5) is 162. The van der Waals surface area contributed by atoms with Crippen LogP contribution in [-0.2, 0) is 64.0 Å². The van der Waals surface area contributed by atoms with E-state index in [1.54, 1.807) is 71.9 Å². The predicted octanol–water partition coefficient (Wildman–Crippen LogP) is -3.85. The summed E-state index contributed by atoms with van der Waals surface area (Å²) in [6.07, 6.45) is -0.339. The molecule has 1 aromatic rings. The van der Waals surface area contributed by atoms with Crippen molar-refractivity contribution < 1.29 is 72.9 Å². The van der Waals surface area contributed by atoms with Crippen LogP contribution in [0.4, 0.5) is 0 Å². The highest BCUT2D eigenvalue weighted by molar-refractivity contribution is 5.99. The molecule has 504 valence electrons. The minimum atomic E-state index is -1.72. The Morgan fingerprint density at radius 2 is 0.787 bits per heavy atom. The molecule has 1 aromatic carbocycles. The molecule has 0 aliphatic rings. The number of rotatable bonds is 43. The lowest BCUT2D eigenvalue weighted by atomic mass is 9.96. The van der Waals surface area contributed by atoms with Crippen LogP contribution in [0.2, 0.25) is 0 Å². The second-order valence-corrected chi connectivity index (χ2v) is 23.2. The van der Waals surface area contributed by atoms with Gasteiger partial charge in [0.2, 0.25) is 65.0 Å². The zero-order chi connectivity index (χ0) is 67.7. The van der Waals surface area contributed by atoms with Gasteiger partial charge in [-0.05, 0) is 128 Å². The van der Waals surface area contributed by atoms with Crippen LogP contribution in [0.25, 0.3) is 0 Å². The number of unbranched alkanes of at least 4 members (excludes halogenated alkanes) is 3. The highest BCUT2D eigenvalue weighted by Crippen LogP contribution is 2.14. The van der Waals surface area contributed by atoms with E-state index in [0.29, 0.717) is 57.1 Å². The van der Waals surface area contributed by atoms with E-state index < -0.39 is 174 Å². The number of amides is 11. The fraction of sp³-hybridized carbons (Fsp3) is 0.695. The summed E-state index contributed by atoms with van der Waals surface area (Å²) in [5.41, 5.74) is 23.3. The molecule has 30 nitrogen and oxygen atoms in total. The third kappa shape index (κ3) is 29.2. The number of carboxylic acid groups (broad SMARTS) is 1. The molecule has 0 saturated heterocycles. The number of aliphatic hydroxyl groups is 2. The summed E-state index contributed by atoms with van der Waals surface area (Å²) >= 11 is 0. The molecule has 11 amide bonds. The average molecular weight is 1260 g/mol. The molecule has 14 atom stereocenters. The van der Waals surface area contributed by atoms with Gasteiger partial charge in [-0.3, -0.25) is 52.7 Å². The highest BCUT2D eigenvalue weighted by Gasteiger charge is 2.39.